The van der Waals surface area contributed by atoms with Crippen molar-refractivity contribution in [1.82, 2.24) is 0 Å². The van der Waals surface area contributed by atoms with Gasteiger partial charge in [0.05, 0.1) is 75.3 Å². The van der Waals surface area contributed by atoms with E-state index in [-0.39, 0.29) is 76.6 Å². The molecule has 0 aromatic heterocycles. The molecule has 8 aliphatic heterocycles. The summed E-state index contributed by atoms with van der Waals surface area (Å²) in [5.41, 5.74) is 9.09. The lowest BCUT2D eigenvalue weighted by Gasteiger charge is -2.62. The number of allylic oxidation sites excluding steroid dienone is 3. The SMILES string of the molecule is CC1CC[C@@]2(OC1)O[C@H]1C[C@H]3[C@@H]4CC(O)C5CC(c6ccccc6)CC[C@]5(C)[C@H]4CC[C@]3(C)[C@H]1[C@@H]2C.CC1CC[C@@]2(OC1)O[C@H]1C[C@H]3[C@@H]4CC(O)C5C[C@@H](O)CC[C@]5(C)[C@H]4CC[C@]3(C)[C@H]1[C@@H]2C.CC1CC[C@@]2(OC1)O[C@H]1C[C@H]3[C@@H]4CC=C5CC(c6ccccc6)CC[C@]5(C)[C@H]4CC[C@]3(C)[C@H]1[C@@H]2C.CC1CC[C@@]2(OC1)O[C@H]1C[C@H]3[C@@H]4CC=C5C[C@@H](O)CC[C@]5(C)[C@H]4CC[C@]3(C)[C@H]1[C@@H]2C.O=C=O.O=C=O. The van der Waals surface area contributed by atoms with Crippen molar-refractivity contribution in [2.75, 3.05) is 26.4 Å². The highest BCUT2D eigenvalue weighted by atomic mass is 16.7. The van der Waals surface area contributed by atoms with Crippen molar-refractivity contribution >= 4 is 12.3 Å². The van der Waals surface area contributed by atoms with Crippen molar-refractivity contribution in [3.8, 4) is 0 Å². The number of aliphatic hydroxyl groups excluding tert-OH is 4. The second-order valence-corrected chi connectivity index (χ2v) is 54.9. The Morgan fingerprint density at radius 1 is 0.290 bits per heavy atom. The number of hydrogen-bond donors (Lipinski definition) is 4. The summed E-state index contributed by atoms with van der Waals surface area (Å²) in [6, 6.07) is 22.4. The maximum atomic E-state index is 11.7. The third kappa shape index (κ3) is 15.9. The number of fused-ring (bicyclic) bond motifs is 28. The fraction of sp³-hybridized carbons (Fsp3) is 0.852. The third-order valence-electron chi connectivity index (χ3n) is 49.1. The van der Waals surface area contributed by atoms with Crippen molar-refractivity contribution in [2.45, 2.75) is 426 Å². The molecule has 14 saturated carbocycles. The van der Waals surface area contributed by atoms with E-state index in [1.165, 1.54) is 153 Å². The van der Waals surface area contributed by atoms with Gasteiger partial charge in [0.15, 0.2) is 23.1 Å². The van der Waals surface area contributed by atoms with Gasteiger partial charge in [-0.1, -0.05) is 195 Å². The van der Waals surface area contributed by atoms with Crippen LogP contribution < -0.4 is 0 Å². The molecule has 0 radical (unpaired) electrons. The number of hydrogen-bond acceptors (Lipinski definition) is 16. The minimum Gasteiger partial charge on any atom is -0.393 e. The second-order valence-electron chi connectivity index (χ2n) is 54.9. The van der Waals surface area contributed by atoms with Crippen LogP contribution in [-0.4, -0.2) is 131 Å². The standard InChI is InChI=1S/C33H48O3.C33H46O2.C27H44O4.C27H42O3.2CO2/c1-20-10-15-33(35-19-20)21(2)30-29(36-33)18-26-24-17-28(34)27-16-23(22-8-6-5-7-9-22)11-13-31(27,3)25(24)12-14-32(26,30)4;1-21-12-17-33(34-20-21)22(2)30-29(35-33)19-28-26-11-10-25-18-24(23-8-6-5-7-9-23)13-15-31(25,3)27(26)14-16-32(28,30)4;1-15-5-10-27(30-14-15)16(2)24-23(31-27)13-20-18-12-22(29)21-11-17(28)6-8-25(21,3)19(18)7-9-26(20,24)4;1-16-7-12-27(29-15-16)17(2)24-23(30-27)14-22-20-6-5-18-13-19(28)8-10-25(18,3)21(20)9-11-26(22,24)4;2*2-1-3/h5-9,20-21,23-30,34H,10-19H2,1-4H3;5-10,21-22,24,26-30H,11-20H2,1-4H3;15-24,28-29H,5-14H2,1-4H3;5,16-17,19-24,28H,6-15H2,1-4H3;;/t20?,21-,23?,24+,25-,26-,27?,28?,29-,30-,31+,32-,33+;21?,22-,24?,26+,27-,28-,29-,30-,31-,32-,33+;15?,16-,17-,18+,19-,20-,21?,22?,23-,24-,25+,26-,27+;16?,17-,19-,20+,21-,22-,23-,24-,25-,26-,27+;;/m0000../s1. The quantitative estimate of drug-likeness (QED) is 0.205. The average Bonchev–Trinajstić information content (AvgIpc) is 1.53. The van der Waals surface area contributed by atoms with E-state index >= 15 is 0 Å². The van der Waals surface area contributed by atoms with E-state index in [0.717, 1.165) is 157 Å². The molecule has 2 aromatic rings. The summed E-state index contributed by atoms with van der Waals surface area (Å²) in [5, 5.41) is 43.5. The molecule has 8 saturated heterocycles. The van der Waals surface area contributed by atoms with E-state index < -0.39 is 0 Å². The zero-order valence-electron chi connectivity index (χ0n) is 87.7. The first kappa shape index (κ1) is 100. The molecule has 26 rings (SSSR count). The highest BCUT2D eigenvalue weighted by molar-refractivity contribution is 5.34. The lowest BCUT2D eigenvalue weighted by molar-refractivity contribution is -0.273. The number of rotatable bonds is 2. The zero-order valence-corrected chi connectivity index (χ0v) is 87.7. The predicted octanol–water partition coefficient (Wildman–Crippen LogP) is 24.6. The fourth-order valence-electron chi connectivity index (χ4n) is 42.0. The second kappa shape index (κ2) is 37.2. The van der Waals surface area contributed by atoms with Gasteiger partial charge in [0.25, 0.3) is 0 Å². The Hall–Kier alpha value is -3.80. The van der Waals surface area contributed by atoms with Gasteiger partial charge in [-0.2, -0.15) is 19.2 Å². The van der Waals surface area contributed by atoms with Crippen LogP contribution in [0.5, 0.6) is 0 Å². The molecule has 48 atom stereocenters. The van der Waals surface area contributed by atoms with Crippen LogP contribution in [0, 0.1) is 197 Å². The molecule has 16 heteroatoms. The molecule has 0 amide bonds. The van der Waals surface area contributed by atoms with Crippen molar-refractivity contribution in [3.63, 3.8) is 0 Å². The van der Waals surface area contributed by atoms with Crippen molar-refractivity contribution in [1.29, 1.82) is 0 Å². The first-order valence-corrected chi connectivity index (χ1v) is 57.3. The highest BCUT2D eigenvalue weighted by Crippen LogP contribution is 2.78. The van der Waals surface area contributed by atoms with Gasteiger partial charge < -0.3 is 58.3 Å². The minimum atomic E-state index is -0.338. The van der Waals surface area contributed by atoms with Crippen molar-refractivity contribution in [2.24, 2.45) is 197 Å². The molecule has 24 aliphatic rings. The summed E-state index contributed by atoms with van der Waals surface area (Å²) in [6.07, 6.45) is 49.5. The molecule has 0 bridgehead atoms. The summed E-state index contributed by atoms with van der Waals surface area (Å²) < 4.78 is 53.6. The molecule has 138 heavy (non-hydrogen) atoms. The van der Waals surface area contributed by atoms with Crippen LogP contribution in [-0.2, 0) is 57.1 Å². The molecule has 4 N–H and O–H groups in total. The van der Waals surface area contributed by atoms with Gasteiger partial charge in [0.2, 0.25) is 0 Å². The van der Waals surface area contributed by atoms with Crippen LogP contribution in [0.2, 0.25) is 0 Å². The van der Waals surface area contributed by atoms with E-state index in [9.17, 15) is 20.4 Å². The Balaban J connectivity index is 0.000000108. The lowest BCUT2D eigenvalue weighted by atomic mass is 9.43. The number of benzene rings is 2. The molecule has 2 aromatic carbocycles. The largest absolute Gasteiger partial charge is 0.393 e. The third-order valence-corrected chi connectivity index (χ3v) is 49.1. The normalized spacial score (nSPS) is 55.4. The summed E-state index contributed by atoms with van der Waals surface area (Å²) in [5.74, 6) is 16.9. The molecule has 764 valence electrons. The Morgan fingerprint density at radius 3 is 0.957 bits per heavy atom. The van der Waals surface area contributed by atoms with Crippen LogP contribution in [0.3, 0.4) is 0 Å². The smallest absolute Gasteiger partial charge is 0.373 e. The van der Waals surface area contributed by atoms with Gasteiger partial charge in [-0.25, -0.2) is 0 Å². The summed E-state index contributed by atoms with van der Waals surface area (Å²) >= 11 is 0. The average molecular weight is 1900 g/mol. The maximum Gasteiger partial charge on any atom is 0.373 e. The Bertz CT molecular complexity index is 4740. The topological polar surface area (TPSA) is 223 Å². The molecule has 4 spiro atoms. The highest BCUT2D eigenvalue weighted by Gasteiger charge is 2.76. The van der Waals surface area contributed by atoms with Gasteiger partial charge in [-0.15, -0.1) is 0 Å². The molecular formula is C122H180O16. The Kier molecular flexibility index (Phi) is 27.0. The molecule has 16 nitrogen and oxygen atoms in total. The Labute approximate surface area is 829 Å². The zero-order chi connectivity index (χ0) is 96.9. The van der Waals surface area contributed by atoms with Crippen LogP contribution in [0.15, 0.2) is 84.0 Å². The molecule has 8 heterocycles. The van der Waals surface area contributed by atoms with E-state index in [0.29, 0.717) is 169 Å². The summed E-state index contributed by atoms with van der Waals surface area (Å²) in [7, 11) is 0. The van der Waals surface area contributed by atoms with Crippen LogP contribution in [0.4, 0.5) is 0 Å². The number of aliphatic hydroxyl groups is 4. The molecular weight excluding hydrogens is 1720 g/mol. The van der Waals surface area contributed by atoms with Gasteiger partial charge >= 0.3 is 12.3 Å². The molecule has 10 unspecified atom stereocenters. The first-order valence-electron chi connectivity index (χ1n) is 57.3. The first-order chi connectivity index (χ1) is 65.9. The van der Waals surface area contributed by atoms with Crippen LogP contribution in [0.1, 0.15) is 365 Å². The fourth-order valence-corrected chi connectivity index (χ4v) is 42.0. The maximum absolute atomic E-state index is 11.7. The van der Waals surface area contributed by atoms with Crippen molar-refractivity contribution < 1.29 is 77.5 Å². The number of carbonyl (C=O) groups excluding carboxylic acids is 4. The van der Waals surface area contributed by atoms with Gasteiger partial charge in [-0.3, -0.25) is 0 Å². The predicted molar refractivity (Wildman–Crippen MR) is 530 cm³/mol. The summed E-state index contributed by atoms with van der Waals surface area (Å²) in [6.45, 7) is 43.1. The lowest BCUT2D eigenvalue weighted by Crippen LogP contribution is -2.58. The van der Waals surface area contributed by atoms with Gasteiger partial charge in [-0.05, 0) is 402 Å². The van der Waals surface area contributed by atoms with Crippen molar-refractivity contribution in [3.05, 3.63) is 95.1 Å². The molecule has 22 fully saturated rings. The Morgan fingerprint density at radius 2 is 0.594 bits per heavy atom. The van der Waals surface area contributed by atoms with Gasteiger partial charge in [0.1, 0.15) is 0 Å². The van der Waals surface area contributed by atoms with E-state index in [4.69, 9.17) is 57.1 Å². The number of ether oxygens (including phenoxy) is 8. The van der Waals surface area contributed by atoms with Gasteiger partial charge in [0, 0.05) is 49.4 Å². The van der Waals surface area contributed by atoms with Crippen LogP contribution >= 0.6 is 0 Å². The monoisotopic (exact) mass is 1900 g/mol. The molecule has 16 aliphatic carbocycles. The van der Waals surface area contributed by atoms with Crippen LogP contribution in [0.25, 0.3) is 0 Å². The van der Waals surface area contributed by atoms with E-state index in [1.807, 2.05) is 0 Å². The summed E-state index contributed by atoms with van der Waals surface area (Å²) in [4.78, 5) is 32.5. The minimum absolute atomic E-state index is 0.107. The van der Waals surface area contributed by atoms with E-state index in [2.05, 4.69) is 184 Å². The van der Waals surface area contributed by atoms with E-state index in [1.54, 1.807) is 16.7 Å².